The maximum atomic E-state index is 11.3. The molecule has 4 heteroatoms. The fraction of sp³-hybridized carbons (Fsp3) is 0.588. The first kappa shape index (κ1) is 14.5. The van der Waals surface area contributed by atoms with Crippen molar-refractivity contribution < 1.29 is 4.79 Å². The van der Waals surface area contributed by atoms with Crippen molar-refractivity contribution in [2.45, 2.75) is 50.7 Å². The fourth-order valence-corrected chi connectivity index (χ4v) is 3.66. The first-order chi connectivity index (χ1) is 10.2. The van der Waals surface area contributed by atoms with Gasteiger partial charge in [0.2, 0.25) is 5.91 Å². The molecular weight excluding hydrogens is 262 g/mol. The summed E-state index contributed by atoms with van der Waals surface area (Å²) in [4.78, 5) is 11.3. The van der Waals surface area contributed by atoms with E-state index in [4.69, 9.17) is 5.73 Å². The first-order valence-corrected chi connectivity index (χ1v) is 8.08. The van der Waals surface area contributed by atoms with E-state index < -0.39 is 0 Å². The largest absolute Gasteiger partial charge is 0.369 e. The molecule has 1 amide bonds. The van der Waals surface area contributed by atoms with E-state index in [9.17, 15) is 4.79 Å². The van der Waals surface area contributed by atoms with Crippen molar-refractivity contribution >= 4 is 5.91 Å². The molecule has 1 saturated carbocycles. The van der Waals surface area contributed by atoms with Gasteiger partial charge in [-0.05, 0) is 49.8 Å². The van der Waals surface area contributed by atoms with Gasteiger partial charge in [0.25, 0.3) is 0 Å². The van der Waals surface area contributed by atoms with E-state index in [0.717, 1.165) is 45.2 Å². The predicted octanol–water partition coefficient (Wildman–Crippen LogP) is 1.85. The SMILES string of the molecule is NC(=O)C1CCC(NC2CCNCc3ccccc32)CC1. The van der Waals surface area contributed by atoms with E-state index in [1.807, 2.05) is 0 Å². The Morgan fingerprint density at radius 3 is 2.67 bits per heavy atom. The minimum atomic E-state index is -0.127. The minimum Gasteiger partial charge on any atom is -0.369 e. The molecule has 0 radical (unpaired) electrons. The lowest BCUT2D eigenvalue weighted by Crippen LogP contribution is -2.39. The monoisotopic (exact) mass is 287 g/mol. The number of amides is 1. The van der Waals surface area contributed by atoms with Gasteiger partial charge in [0.1, 0.15) is 0 Å². The van der Waals surface area contributed by atoms with Gasteiger partial charge in [0.15, 0.2) is 0 Å². The zero-order valence-electron chi connectivity index (χ0n) is 12.5. The third kappa shape index (κ3) is 3.44. The third-order valence-electron chi connectivity index (χ3n) is 4.92. The molecular formula is C17H25N3O. The van der Waals surface area contributed by atoms with Crippen LogP contribution in [0, 0.1) is 5.92 Å². The molecule has 0 aromatic heterocycles. The number of nitrogens with two attached hydrogens (primary N) is 1. The van der Waals surface area contributed by atoms with E-state index in [1.165, 1.54) is 11.1 Å². The van der Waals surface area contributed by atoms with Crippen LogP contribution in [0.2, 0.25) is 0 Å². The van der Waals surface area contributed by atoms with Crippen LogP contribution in [0.1, 0.15) is 49.3 Å². The molecule has 1 heterocycles. The summed E-state index contributed by atoms with van der Waals surface area (Å²) in [5.41, 5.74) is 8.24. The second kappa shape index (κ2) is 6.58. The normalized spacial score (nSPS) is 29.4. The van der Waals surface area contributed by atoms with Gasteiger partial charge in [0, 0.05) is 24.5 Å². The summed E-state index contributed by atoms with van der Waals surface area (Å²) in [5.74, 6) is -0.0383. The van der Waals surface area contributed by atoms with Crippen molar-refractivity contribution in [2.24, 2.45) is 11.7 Å². The Labute approximate surface area is 126 Å². The number of rotatable bonds is 3. The highest BCUT2D eigenvalue weighted by molar-refractivity contribution is 5.76. The van der Waals surface area contributed by atoms with Gasteiger partial charge in [-0.1, -0.05) is 24.3 Å². The Morgan fingerprint density at radius 2 is 1.90 bits per heavy atom. The maximum absolute atomic E-state index is 11.3. The van der Waals surface area contributed by atoms with Gasteiger partial charge in [0.05, 0.1) is 0 Å². The average molecular weight is 287 g/mol. The van der Waals surface area contributed by atoms with Gasteiger partial charge in [-0.15, -0.1) is 0 Å². The van der Waals surface area contributed by atoms with Gasteiger partial charge in [-0.25, -0.2) is 0 Å². The molecule has 21 heavy (non-hydrogen) atoms. The van der Waals surface area contributed by atoms with Crippen LogP contribution in [0.25, 0.3) is 0 Å². The number of hydrogen-bond acceptors (Lipinski definition) is 3. The first-order valence-electron chi connectivity index (χ1n) is 8.08. The van der Waals surface area contributed by atoms with Crippen LogP contribution < -0.4 is 16.4 Å². The fourth-order valence-electron chi connectivity index (χ4n) is 3.66. The molecule has 0 saturated heterocycles. The molecule has 3 rings (SSSR count). The number of nitrogens with one attached hydrogen (secondary N) is 2. The lowest BCUT2D eigenvalue weighted by Gasteiger charge is -2.31. The summed E-state index contributed by atoms with van der Waals surface area (Å²) in [6.07, 6.45) is 5.09. The number of hydrogen-bond donors (Lipinski definition) is 3. The number of benzene rings is 1. The topological polar surface area (TPSA) is 67.2 Å². The van der Waals surface area contributed by atoms with Gasteiger partial charge in [-0.3, -0.25) is 4.79 Å². The molecule has 1 aromatic carbocycles. The van der Waals surface area contributed by atoms with Crippen molar-refractivity contribution in [3.8, 4) is 0 Å². The van der Waals surface area contributed by atoms with Gasteiger partial charge >= 0.3 is 0 Å². The Morgan fingerprint density at radius 1 is 1.14 bits per heavy atom. The zero-order chi connectivity index (χ0) is 14.7. The molecule has 1 atom stereocenters. The molecule has 114 valence electrons. The van der Waals surface area contributed by atoms with Crippen LogP contribution in [-0.2, 0) is 11.3 Å². The summed E-state index contributed by atoms with van der Waals surface area (Å²) in [5, 5.41) is 7.31. The Kier molecular flexibility index (Phi) is 4.56. The maximum Gasteiger partial charge on any atom is 0.220 e. The minimum absolute atomic E-state index is 0.0890. The number of fused-ring (bicyclic) bond motifs is 1. The third-order valence-corrected chi connectivity index (χ3v) is 4.92. The number of primary amides is 1. The van der Waals surface area contributed by atoms with E-state index in [0.29, 0.717) is 12.1 Å². The smallest absolute Gasteiger partial charge is 0.220 e. The van der Waals surface area contributed by atoms with Crippen LogP contribution in [0.4, 0.5) is 0 Å². The standard InChI is InChI=1S/C17H25N3O/c18-17(21)12-5-7-14(8-6-12)20-16-9-10-19-11-13-3-1-2-4-15(13)16/h1-4,12,14,16,19-20H,5-11H2,(H2,18,21). The molecule has 4 nitrogen and oxygen atoms in total. The van der Waals surface area contributed by atoms with Crippen molar-refractivity contribution in [3.63, 3.8) is 0 Å². The predicted molar refractivity (Wildman–Crippen MR) is 83.6 cm³/mol. The summed E-state index contributed by atoms with van der Waals surface area (Å²) in [6.45, 7) is 2.01. The van der Waals surface area contributed by atoms with Crippen molar-refractivity contribution in [2.75, 3.05) is 6.54 Å². The highest BCUT2D eigenvalue weighted by atomic mass is 16.1. The molecule has 1 fully saturated rings. The number of carbonyl (C=O) groups is 1. The second-order valence-corrected chi connectivity index (χ2v) is 6.33. The summed E-state index contributed by atoms with van der Waals surface area (Å²) in [6, 6.07) is 9.63. The molecule has 2 aliphatic rings. The van der Waals surface area contributed by atoms with Gasteiger partial charge < -0.3 is 16.4 Å². The molecule has 1 unspecified atom stereocenters. The summed E-state index contributed by atoms with van der Waals surface area (Å²) < 4.78 is 0. The number of carbonyl (C=O) groups excluding carboxylic acids is 1. The lowest BCUT2D eigenvalue weighted by atomic mass is 9.85. The van der Waals surface area contributed by atoms with Crippen LogP contribution in [-0.4, -0.2) is 18.5 Å². The zero-order valence-corrected chi connectivity index (χ0v) is 12.5. The van der Waals surface area contributed by atoms with Crippen molar-refractivity contribution in [3.05, 3.63) is 35.4 Å². The highest BCUT2D eigenvalue weighted by Crippen LogP contribution is 2.29. The van der Waals surface area contributed by atoms with Gasteiger partial charge in [-0.2, -0.15) is 0 Å². The van der Waals surface area contributed by atoms with Crippen LogP contribution in [0.3, 0.4) is 0 Å². The molecule has 4 N–H and O–H groups in total. The average Bonchev–Trinajstić information content (AvgIpc) is 2.71. The molecule has 0 spiro atoms. The highest BCUT2D eigenvalue weighted by Gasteiger charge is 2.27. The molecule has 1 aromatic rings. The second-order valence-electron chi connectivity index (χ2n) is 6.33. The van der Waals surface area contributed by atoms with Crippen molar-refractivity contribution in [1.82, 2.24) is 10.6 Å². The summed E-state index contributed by atoms with van der Waals surface area (Å²) >= 11 is 0. The van der Waals surface area contributed by atoms with E-state index in [-0.39, 0.29) is 11.8 Å². The molecule has 1 aliphatic heterocycles. The van der Waals surface area contributed by atoms with E-state index in [1.54, 1.807) is 0 Å². The quantitative estimate of drug-likeness (QED) is 0.795. The molecule has 1 aliphatic carbocycles. The molecule has 0 bridgehead atoms. The Bertz CT molecular complexity index is 495. The van der Waals surface area contributed by atoms with E-state index >= 15 is 0 Å². The van der Waals surface area contributed by atoms with Crippen LogP contribution >= 0.6 is 0 Å². The van der Waals surface area contributed by atoms with Crippen molar-refractivity contribution in [1.29, 1.82) is 0 Å². The lowest BCUT2D eigenvalue weighted by molar-refractivity contribution is -0.122. The van der Waals surface area contributed by atoms with Crippen LogP contribution in [0.5, 0.6) is 0 Å². The van der Waals surface area contributed by atoms with Crippen LogP contribution in [0.15, 0.2) is 24.3 Å². The van der Waals surface area contributed by atoms with E-state index in [2.05, 4.69) is 34.9 Å². The Balaban J connectivity index is 1.64. The Hall–Kier alpha value is -1.39. The summed E-state index contributed by atoms with van der Waals surface area (Å²) in [7, 11) is 0.